The van der Waals surface area contributed by atoms with E-state index in [9.17, 15) is 4.39 Å². The van der Waals surface area contributed by atoms with Gasteiger partial charge in [0.15, 0.2) is 0 Å². The number of anilines is 1. The van der Waals surface area contributed by atoms with Crippen molar-refractivity contribution in [3.05, 3.63) is 47.7 Å². The molecule has 0 atom stereocenters. The molecule has 1 aliphatic carbocycles. The third-order valence-electron chi connectivity index (χ3n) is 3.40. The van der Waals surface area contributed by atoms with Crippen molar-refractivity contribution in [2.24, 2.45) is 5.84 Å². The summed E-state index contributed by atoms with van der Waals surface area (Å²) < 4.78 is 25.0. The smallest absolute Gasteiger partial charge is 0.221 e. The second-order valence-electron chi connectivity index (χ2n) is 5.01. The van der Waals surface area contributed by atoms with Gasteiger partial charge < -0.3 is 14.5 Å². The predicted octanol–water partition coefficient (Wildman–Crippen LogP) is 2.52. The Morgan fingerprint density at radius 3 is 2.70 bits per heavy atom. The van der Waals surface area contributed by atoms with Crippen LogP contribution in [0.4, 0.5) is 10.1 Å². The molecule has 1 fully saturated rings. The molecule has 0 unspecified atom stereocenters. The van der Waals surface area contributed by atoms with Crippen molar-refractivity contribution in [1.29, 1.82) is 0 Å². The molecule has 0 bridgehead atoms. The fourth-order valence-electron chi connectivity index (χ4n) is 2.22. The molecule has 1 aliphatic rings. The van der Waals surface area contributed by atoms with Gasteiger partial charge in [-0.1, -0.05) is 0 Å². The monoisotopic (exact) mass is 321 g/mol. The number of halogens is 1. The van der Waals surface area contributed by atoms with Crippen LogP contribution >= 0.6 is 0 Å². The minimum Gasteiger partial charge on any atom is -0.483 e. The maximum absolute atomic E-state index is 14.0. The van der Waals surface area contributed by atoms with E-state index in [1.807, 2.05) is 19.2 Å². The minimum atomic E-state index is -0.184. The summed E-state index contributed by atoms with van der Waals surface area (Å²) >= 11 is 0. The summed E-state index contributed by atoms with van der Waals surface area (Å²) in [6.45, 7) is 0.310. The molecule has 0 radical (unpaired) electrons. The number of benzene rings is 1. The number of carbonyl (C=O) groups is 1. The van der Waals surface area contributed by atoms with E-state index in [0.717, 1.165) is 24.3 Å². The Morgan fingerprint density at radius 2 is 2.17 bits per heavy atom. The number of hydrazine groups is 1. The summed E-state index contributed by atoms with van der Waals surface area (Å²) in [5.74, 6) is 5.86. The molecule has 1 heterocycles. The molecule has 23 heavy (non-hydrogen) atoms. The van der Waals surface area contributed by atoms with Gasteiger partial charge in [0.25, 0.3) is 0 Å². The Labute approximate surface area is 133 Å². The van der Waals surface area contributed by atoms with Crippen LogP contribution < -0.4 is 21.3 Å². The zero-order chi connectivity index (χ0) is 16.7. The first-order chi connectivity index (χ1) is 11.2. The van der Waals surface area contributed by atoms with E-state index in [0.29, 0.717) is 30.2 Å². The topological polar surface area (TPSA) is 89.5 Å². The van der Waals surface area contributed by atoms with E-state index >= 15 is 0 Å². The third-order valence-corrected chi connectivity index (χ3v) is 3.40. The number of amides is 1. The van der Waals surface area contributed by atoms with Crippen molar-refractivity contribution in [2.75, 3.05) is 12.4 Å². The normalized spacial score (nSPS) is 12.8. The number of carbonyl (C=O) groups excluding carboxylic acids is 1. The van der Waals surface area contributed by atoms with Crippen LogP contribution in [-0.2, 0) is 11.4 Å². The first kappa shape index (κ1) is 16.8. The number of nitrogens with one attached hydrogen (secondary N) is 2. The molecule has 4 N–H and O–H groups in total. The van der Waals surface area contributed by atoms with Gasteiger partial charge in [0, 0.05) is 12.6 Å². The number of furan rings is 1. The summed E-state index contributed by atoms with van der Waals surface area (Å²) in [5.41, 5.74) is 3.26. The van der Waals surface area contributed by atoms with E-state index in [-0.39, 0.29) is 5.82 Å². The second kappa shape index (κ2) is 8.19. The van der Waals surface area contributed by atoms with Crippen molar-refractivity contribution in [2.45, 2.75) is 25.4 Å². The van der Waals surface area contributed by atoms with Crippen LogP contribution in [0.15, 0.2) is 34.9 Å². The van der Waals surface area contributed by atoms with Crippen LogP contribution in [0.2, 0.25) is 0 Å². The van der Waals surface area contributed by atoms with E-state index in [1.54, 1.807) is 17.8 Å². The molecule has 124 valence electrons. The number of hydrogen-bond acceptors (Lipinski definition) is 5. The highest BCUT2D eigenvalue weighted by molar-refractivity contribution is 5.62. The Morgan fingerprint density at radius 1 is 1.43 bits per heavy atom. The number of hydrogen-bond donors (Lipinski definition) is 3. The van der Waals surface area contributed by atoms with Crippen molar-refractivity contribution in [1.82, 2.24) is 5.43 Å². The molecule has 6 nitrogen and oxygen atoms in total. The number of rotatable bonds is 6. The highest BCUT2D eigenvalue weighted by atomic mass is 19.1. The van der Waals surface area contributed by atoms with E-state index in [2.05, 4.69) is 11.2 Å². The molecule has 1 aromatic carbocycles. The molecule has 1 saturated carbocycles. The average molecular weight is 321 g/mol. The fraction of sp³-hybridized carbons (Fsp3) is 0.312. The first-order valence-corrected chi connectivity index (χ1v) is 7.26. The van der Waals surface area contributed by atoms with Crippen LogP contribution in [0.5, 0.6) is 5.75 Å². The second-order valence-corrected chi connectivity index (χ2v) is 5.01. The largest absolute Gasteiger partial charge is 0.483 e. The molecule has 7 heteroatoms. The van der Waals surface area contributed by atoms with Gasteiger partial charge in [0.1, 0.15) is 23.9 Å². The summed E-state index contributed by atoms with van der Waals surface area (Å²) in [7, 11) is 1.81. The van der Waals surface area contributed by atoms with Gasteiger partial charge in [-0.3, -0.25) is 10.2 Å². The van der Waals surface area contributed by atoms with Gasteiger partial charge >= 0.3 is 0 Å². The van der Waals surface area contributed by atoms with Crippen LogP contribution in [-0.4, -0.2) is 13.5 Å². The molecule has 0 saturated heterocycles. The Hall–Kier alpha value is -2.54. The minimum absolute atomic E-state index is 0.184. The lowest BCUT2D eigenvalue weighted by atomic mass is 10.1. The van der Waals surface area contributed by atoms with Crippen LogP contribution in [0.3, 0.4) is 0 Å². The summed E-state index contributed by atoms with van der Waals surface area (Å²) in [6, 6.07) is 6.86. The van der Waals surface area contributed by atoms with Gasteiger partial charge in [-0.05, 0) is 43.0 Å². The van der Waals surface area contributed by atoms with Crippen molar-refractivity contribution in [3.8, 4) is 5.75 Å². The fourth-order valence-corrected chi connectivity index (χ4v) is 2.22. The lowest BCUT2D eigenvalue weighted by Gasteiger charge is -2.15. The maximum Gasteiger partial charge on any atom is 0.221 e. The standard InChI is InChI=1S/C15H16FNO2.CH4N2O/c1-17-13-7-6-12(16)14(10-4-5-10)15(13)19-9-11-3-2-8-18-11;2-3-1-4/h2-3,6-8,10,17H,4-5,9H2,1H3;1H,2H2,(H,3,4). The molecular weight excluding hydrogens is 301 g/mol. The highest BCUT2D eigenvalue weighted by Gasteiger charge is 2.31. The maximum atomic E-state index is 14.0. The molecule has 2 aromatic rings. The zero-order valence-electron chi connectivity index (χ0n) is 12.8. The Bertz CT molecular complexity index is 628. The SMILES string of the molecule is CNc1ccc(F)c(C2CC2)c1OCc1ccco1.NNC=O. The van der Waals surface area contributed by atoms with E-state index in [4.69, 9.17) is 13.9 Å². The molecular formula is C16H20FN3O3. The lowest BCUT2D eigenvalue weighted by molar-refractivity contribution is -0.109. The van der Waals surface area contributed by atoms with E-state index in [1.165, 1.54) is 6.07 Å². The van der Waals surface area contributed by atoms with Crippen molar-refractivity contribution in [3.63, 3.8) is 0 Å². The molecule has 1 aromatic heterocycles. The molecule has 1 amide bonds. The zero-order valence-corrected chi connectivity index (χ0v) is 12.8. The van der Waals surface area contributed by atoms with E-state index < -0.39 is 0 Å². The summed E-state index contributed by atoms with van der Waals surface area (Å²) in [6.07, 6.45) is 4.06. The van der Waals surface area contributed by atoms with Gasteiger partial charge in [-0.2, -0.15) is 0 Å². The predicted molar refractivity (Wildman–Crippen MR) is 84.3 cm³/mol. The average Bonchev–Trinajstić information content (AvgIpc) is 3.27. The quantitative estimate of drug-likeness (QED) is 0.329. The lowest BCUT2D eigenvalue weighted by Crippen LogP contribution is -2.18. The van der Waals surface area contributed by atoms with Gasteiger partial charge in [-0.25, -0.2) is 10.2 Å². The third kappa shape index (κ3) is 4.46. The molecule has 3 rings (SSSR count). The van der Waals surface area contributed by atoms with Gasteiger partial charge in [-0.15, -0.1) is 0 Å². The van der Waals surface area contributed by atoms with Gasteiger partial charge in [0.2, 0.25) is 6.41 Å². The van der Waals surface area contributed by atoms with Crippen molar-refractivity contribution >= 4 is 12.1 Å². The van der Waals surface area contributed by atoms with Crippen LogP contribution in [0, 0.1) is 5.82 Å². The Balaban J connectivity index is 0.000000433. The summed E-state index contributed by atoms with van der Waals surface area (Å²) in [5, 5.41) is 3.05. The number of ether oxygens (including phenoxy) is 1. The van der Waals surface area contributed by atoms with Crippen LogP contribution in [0.1, 0.15) is 30.1 Å². The number of nitrogens with two attached hydrogens (primary N) is 1. The Kier molecular flexibility index (Phi) is 5.99. The van der Waals surface area contributed by atoms with Gasteiger partial charge in [0.05, 0.1) is 12.0 Å². The van der Waals surface area contributed by atoms with Crippen LogP contribution in [0.25, 0.3) is 0 Å². The van der Waals surface area contributed by atoms with Crippen molar-refractivity contribution < 1.29 is 18.3 Å². The highest BCUT2D eigenvalue weighted by Crippen LogP contribution is 2.48. The molecule has 0 spiro atoms. The molecule has 0 aliphatic heterocycles. The first-order valence-electron chi connectivity index (χ1n) is 7.26. The summed E-state index contributed by atoms with van der Waals surface area (Å²) in [4.78, 5) is 8.94.